The number of ether oxygens (including phenoxy) is 2. The Morgan fingerprint density at radius 3 is 2.31 bits per heavy atom. The SMILES string of the molecule is COc1ccc(CNC(=O)CC(=O)Nc2ccc(Cl)c(Cl)c2)cc1OC. The van der Waals surface area contributed by atoms with Crippen molar-refractivity contribution in [2.24, 2.45) is 0 Å². The Morgan fingerprint density at radius 1 is 0.923 bits per heavy atom. The minimum atomic E-state index is -0.451. The van der Waals surface area contributed by atoms with Crippen LogP contribution in [0.25, 0.3) is 0 Å². The predicted molar refractivity (Wildman–Crippen MR) is 101 cm³/mol. The molecule has 2 rings (SSSR count). The maximum Gasteiger partial charge on any atom is 0.233 e. The predicted octanol–water partition coefficient (Wildman–Crippen LogP) is 3.66. The maximum absolute atomic E-state index is 11.9. The van der Waals surface area contributed by atoms with Crippen molar-refractivity contribution in [1.29, 1.82) is 0 Å². The van der Waals surface area contributed by atoms with E-state index in [0.29, 0.717) is 27.2 Å². The van der Waals surface area contributed by atoms with E-state index in [-0.39, 0.29) is 13.0 Å². The molecular weight excluding hydrogens is 379 g/mol. The van der Waals surface area contributed by atoms with E-state index in [9.17, 15) is 9.59 Å². The number of anilines is 1. The quantitative estimate of drug-likeness (QED) is 0.700. The normalized spacial score (nSPS) is 10.2. The van der Waals surface area contributed by atoms with E-state index in [0.717, 1.165) is 5.56 Å². The third-order valence-electron chi connectivity index (χ3n) is 3.46. The number of methoxy groups -OCH3 is 2. The second kappa shape index (κ2) is 9.31. The number of rotatable bonds is 7. The van der Waals surface area contributed by atoms with Gasteiger partial charge in [-0.25, -0.2) is 0 Å². The van der Waals surface area contributed by atoms with Crippen LogP contribution < -0.4 is 20.1 Å². The molecule has 2 aromatic carbocycles. The van der Waals surface area contributed by atoms with E-state index >= 15 is 0 Å². The van der Waals surface area contributed by atoms with E-state index in [1.807, 2.05) is 0 Å². The van der Waals surface area contributed by atoms with Crippen molar-refractivity contribution < 1.29 is 19.1 Å². The largest absolute Gasteiger partial charge is 0.493 e. The van der Waals surface area contributed by atoms with Crippen LogP contribution in [0.2, 0.25) is 10.0 Å². The Hall–Kier alpha value is -2.44. The first-order valence-electron chi connectivity index (χ1n) is 7.65. The number of carbonyl (C=O) groups excluding carboxylic acids is 2. The fourth-order valence-electron chi connectivity index (χ4n) is 2.18. The molecule has 6 nitrogen and oxygen atoms in total. The first kappa shape index (κ1) is 19.9. The molecule has 138 valence electrons. The van der Waals surface area contributed by atoms with E-state index in [2.05, 4.69) is 10.6 Å². The van der Waals surface area contributed by atoms with Crippen LogP contribution >= 0.6 is 23.2 Å². The molecule has 2 amide bonds. The molecule has 0 heterocycles. The molecule has 0 fully saturated rings. The highest BCUT2D eigenvalue weighted by atomic mass is 35.5. The summed E-state index contributed by atoms with van der Waals surface area (Å²) < 4.78 is 10.4. The number of halogens is 2. The van der Waals surface area contributed by atoms with Gasteiger partial charge >= 0.3 is 0 Å². The summed E-state index contributed by atoms with van der Waals surface area (Å²) in [5.41, 5.74) is 1.29. The summed E-state index contributed by atoms with van der Waals surface area (Å²) in [5.74, 6) is 0.311. The van der Waals surface area contributed by atoms with Crippen molar-refractivity contribution >= 4 is 40.7 Å². The van der Waals surface area contributed by atoms with Crippen molar-refractivity contribution in [2.75, 3.05) is 19.5 Å². The number of benzene rings is 2. The number of carbonyl (C=O) groups is 2. The molecule has 0 saturated carbocycles. The summed E-state index contributed by atoms with van der Waals surface area (Å²) in [7, 11) is 3.08. The van der Waals surface area contributed by atoms with Crippen LogP contribution in [0, 0.1) is 0 Å². The van der Waals surface area contributed by atoms with E-state index in [1.54, 1.807) is 37.4 Å². The monoisotopic (exact) mass is 396 g/mol. The van der Waals surface area contributed by atoms with Gasteiger partial charge < -0.3 is 20.1 Å². The van der Waals surface area contributed by atoms with Gasteiger partial charge in [-0.3, -0.25) is 9.59 Å². The lowest BCUT2D eigenvalue weighted by Gasteiger charge is -2.10. The van der Waals surface area contributed by atoms with Gasteiger partial charge in [0.15, 0.2) is 11.5 Å². The highest BCUT2D eigenvalue weighted by molar-refractivity contribution is 6.42. The standard InChI is InChI=1S/C18H18Cl2N2O4/c1-25-15-6-3-11(7-16(15)26-2)10-21-17(23)9-18(24)22-12-4-5-13(19)14(20)8-12/h3-8H,9-10H2,1-2H3,(H,21,23)(H,22,24). The highest BCUT2D eigenvalue weighted by Gasteiger charge is 2.11. The fourth-order valence-corrected chi connectivity index (χ4v) is 2.48. The number of amides is 2. The minimum absolute atomic E-state index is 0.263. The average Bonchev–Trinajstić information content (AvgIpc) is 2.62. The van der Waals surface area contributed by atoms with Gasteiger partial charge in [0, 0.05) is 12.2 Å². The topological polar surface area (TPSA) is 76.7 Å². The van der Waals surface area contributed by atoms with Gasteiger partial charge in [0.25, 0.3) is 0 Å². The Bertz CT molecular complexity index is 812. The molecule has 0 aliphatic carbocycles. The molecular formula is C18H18Cl2N2O4. The van der Waals surface area contributed by atoms with Crippen LogP contribution in [0.3, 0.4) is 0 Å². The molecule has 0 atom stereocenters. The Balaban J connectivity index is 1.86. The summed E-state index contributed by atoms with van der Waals surface area (Å²) in [6.45, 7) is 0.263. The third-order valence-corrected chi connectivity index (χ3v) is 4.20. The number of hydrogen-bond acceptors (Lipinski definition) is 4. The fraction of sp³-hybridized carbons (Fsp3) is 0.222. The lowest BCUT2D eigenvalue weighted by atomic mass is 10.2. The van der Waals surface area contributed by atoms with Crippen LogP contribution in [0.15, 0.2) is 36.4 Å². The third kappa shape index (κ3) is 5.54. The summed E-state index contributed by atoms with van der Waals surface area (Å²) in [6.07, 6.45) is -0.312. The molecule has 0 aliphatic heterocycles. The van der Waals surface area contributed by atoms with Crippen molar-refractivity contribution in [3.05, 3.63) is 52.0 Å². The van der Waals surface area contributed by atoms with E-state index in [1.165, 1.54) is 13.2 Å². The highest BCUT2D eigenvalue weighted by Crippen LogP contribution is 2.27. The number of hydrogen-bond donors (Lipinski definition) is 2. The summed E-state index contributed by atoms with van der Waals surface area (Å²) in [4.78, 5) is 23.9. The van der Waals surface area contributed by atoms with Gasteiger partial charge in [-0.15, -0.1) is 0 Å². The molecule has 0 radical (unpaired) electrons. The van der Waals surface area contributed by atoms with Crippen LogP contribution in [-0.2, 0) is 16.1 Å². The molecule has 0 aromatic heterocycles. The summed E-state index contributed by atoms with van der Waals surface area (Å²) in [5, 5.41) is 5.98. The van der Waals surface area contributed by atoms with Crippen LogP contribution in [0.5, 0.6) is 11.5 Å². The maximum atomic E-state index is 11.9. The number of nitrogens with one attached hydrogen (secondary N) is 2. The molecule has 2 N–H and O–H groups in total. The Labute approximate surface area is 161 Å². The summed E-state index contributed by atoms with van der Waals surface area (Å²) >= 11 is 11.7. The van der Waals surface area contributed by atoms with E-state index in [4.69, 9.17) is 32.7 Å². The van der Waals surface area contributed by atoms with Gasteiger partial charge in [-0.1, -0.05) is 29.3 Å². The second-order valence-electron chi connectivity index (χ2n) is 5.32. The van der Waals surface area contributed by atoms with Gasteiger partial charge in [0.1, 0.15) is 6.42 Å². The zero-order chi connectivity index (χ0) is 19.1. The molecule has 0 spiro atoms. The first-order valence-corrected chi connectivity index (χ1v) is 8.41. The minimum Gasteiger partial charge on any atom is -0.493 e. The average molecular weight is 397 g/mol. The lowest BCUT2D eigenvalue weighted by Crippen LogP contribution is -2.27. The van der Waals surface area contributed by atoms with Gasteiger partial charge in [0.05, 0.1) is 24.3 Å². The van der Waals surface area contributed by atoms with Crippen molar-refractivity contribution in [3.63, 3.8) is 0 Å². The smallest absolute Gasteiger partial charge is 0.233 e. The Morgan fingerprint density at radius 2 is 1.65 bits per heavy atom. The van der Waals surface area contributed by atoms with Crippen LogP contribution in [-0.4, -0.2) is 26.0 Å². The van der Waals surface area contributed by atoms with Crippen molar-refractivity contribution in [3.8, 4) is 11.5 Å². The van der Waals surface area contributed by atoms with Gasteiger partial charge in [-0.05, 0) is 35.9 Å². The zero-order valence-electron chi connectivity index (χ0n) is 14.3. The van der Waals surface area contributed by atoms with E-state index < -0.39 is 11.8 Å². The van der Waals surface area contributed by atoms with Crippen molar-refractivity contribution in [2.45, 2.75) is 13.0 Å². The molecule has 0 aliphatic rings. The molecule has 8 heteroatoms. The summed E-state index contributed by atoms with van der Waals surface area (Å²) in [6, 6.07) is 10.00. The van der Waals surface area contributed by atoms with Gasteiger partial charge in [0.2, 0.25) is 11.8 Å². The molecule has 2 aromatic rings. The second-order valence-corrected chi connectivity index (χ2v) is 6.13. The lowest BCUT2D eigenvalue weighted by molar-refractivity contribution is -0.126. The zero-order valence-corrected chi connectivity index (χ0v) is 15.8. The molecule has 0 bridgehead atoms. The van der Waals surface area contributed by atoms with Crippen molar-refractivity contribution in [1.82, 2.24) is 5.32 Å². The van der Waals surface area contributed by atoms with Gasteiger partial charge in [-0.2, -0.15) is 0 Å². The molecule has 26 heavy (non-hydrogen) atoms. The molecule has 0 unspecified atom stereocenters. The van der Waals surface area contributed by atoms with Crippen LogP contribution in [0.1, 0.15) is 12.0 Å². The molecule has 0 saturated heterocycles. The first-order chi connectivity index (χ1) is 12.4. The van der Waals surface area contributed by atoms with Crippen LogP contribution in [0.4, 0.5) is 5.69 Å². The Kier molecular flexibility index (Phi) is 7.12.